The maximum atomic E-state index is 6.71. The molecule has 9 rings (SSSR count). The molecule has 1 aliphatic heterocycles. The average Bonchev–Trinajstić information content (AvgIpc) is 3.33. The van der Waals surface area contributed by atoms with Crippen molar-refractivity contribution in [3.63, 3.8) is 0 Å². The van der Waals surface area contributed by atoms with Gasteiger partial charge in [-0.15, -0.1) is 0 Å². The van der Waals surface area contributed by atoms with E-state index >= 15 is 0 Å². The van der Waals surface area contributed by atoms with Crippen LogP contribution < -0.4 is 9.47 Å². The van der Waals surface area contributed by atoms with E-state index in [4.69, 9.17) is 24.4 Å². The number of fused-ring (bicyclic) bond motifs is 7. The molecule has 0 N–H and O–H groups in total. The van der Waals surface area contributed by atoms with Crippen LogP contribution in [0.2, 0.25) is 0 Å². The molecule has 2 aliphatic rings. The Hall–Kier alpha value is -5.81. The van der Waals surface area contributed by atoms with E-state index in [1.165, 1.54) is 22.1 Å². The van der Waals surface area contributed by atoms with Crippen molar-refractivity contribution < 1.29 is 9.47 Å². The van der Waals surface area contributed by atoms with Crippen molar-refractivity contribution in [2.75, 3.05) is 0 Å². The number of aromatic nitrogens is 3. The lowest BCUT2D eigenvalue weighted by Gasteiger charge is -2.25. The van der Waals surface area contributed by atoms with E-state index in [2.05, 4.69) is 74.5 Å². The second kappa shape index (κ2) is 9.60. The fourth-order valence-corrected chi connectivity index (χ4v) is 6.64. The van der Waals surface area contributed by atoms with E-state index in [1.54, 1.807) is 0 Å². The second-order valence-corrected chi connectivity index (χ2v) is 12.1. The third kappa shape index (κ3) is 4.05. The lowest BCUT2D eigenvalue weighted by atomic mass is 9.82. The highest BCUT2D eigenvalue weighted by Gasteiger charge is 2.39. The van der Waals surface area contributed by atoms with Gasteiger partial charge in [0.05, 0.1) is 0 Å². The fraction of sp³-hybridized carbons (Fsp3) is 0.0750. The summed E-state index contributed by atoms with van der Waals surface area (Å²) < 4.78 is 13.1. The summed E-state index contributed by atoms with van der Waals surface area (Å²) in [5, 5.41) is 2.30. The Morgan fingerprint density at radius 3 is 1.93 bits per heavy atom. The van der Waals surface area contributed by atoms with Crippen molar-refractivity contribution in [2.24, 2.45) is 0 Å². The third-order valence-electron chi connectivity index (χ3n) is 8.97. The lowest BCUT2D eigenvalue weighted by molar-refractivity contribution is 0.360. The minimum Gasteiger partial charge on any atom is -0.449 e. The van der Waals surface area contributed by atoms with Crippen LogP contribution in [-0.4, -0.2) is 15.0 Å². The molecule has 0 radical (unpaired) electrons. The zero-order chi connectivity index (χ0) is 30.1. The summed E-state index contributed by atoms with van der Waals surface area (Å²) in [6, 6.07) is 43.2. The quantitative estimate of drug-likeness (QED) is 0.208. The topological polar surface area (TPSA) is 57.1 Å². The Balaban J connectivity index is 1.17. The molecule has 1 aliphatic carbocycles. The van der Waals surface area contributed by atoms with Gasteiger partial charge in [0.2, 0.25) is 0 Å². The maximum Gasteiger partial charge on any atom is 0.178 e. The van der Waals surface area contributed by atoms with Crippen molar-refractivity contribution in [3.05, 3.63) is 139 Å². The van der Waals surface area contributed by atoms with Gasteiger partial charge in [-0.3, -0.25) is 0 Å². The molecule has 0 saturated carbocycles. The largest absolute Gasteiger partial charge is 0.449 e. The molecule has 5 nitrogen and oxygen atoms in total. The Kier molecular flexibility index (Phi) is 5.47. The number of nitrogens with zero attached hydrogens (tertiary/aromatic N) is 3. The van der Waals surface area contributed by atoms with Crippen LogP contribution >= 0.6 is 0 Å². The van der Waals surface area contributed by atoms with Crippen LogP contribution in [0.15, 0.2) is 127 Å². The van der Waals surface area contributed by atoms with E-state index < -0.39 is 0 Å². The summed E-state index contributed by atoms with van der Waals surface area (Å²) in [6.07, 6.45) is 0. The molecule has 6 aromatic carbocycles. The predicted molar refractivity (Wildman–Crippen MR) is 178 cm³/mol. The van der Waals surface area contributed by atoms with Crippen molar-refractivity contribution in [3.8, 4) is 68.3 Å². The highest BCUT2D eigenvalue weighted by molar-refractivity contribution is 5.89. The normalized spacial score (nSPS) is 13.6. The fourth-order valence-electron chi connectivity index (χ4n) is 6.64. The summed E-state index contributed by atoms with van der Waals surface area (Å²) in [5.41, 5.74) is 7.33. The number of hydrogen-bond donors (Lipinski definition) is 0. The summed E-state index contributed by atoms with van der Waals surface area (Å²) in [6.45, 7) is 4.52. The van der Waals surface area contributed by atoms with Gasteiger partial charge in [-0.25, -0.2) is 15.0 Å². The van der Waals surface area contributed by atoms with Crippen LogP contribution in [0.5, 0.6) is 23.0 Å². The van der Waals surface area contributed by atoms with E-state index in [0.29, 0.717) is 34.7 Å². The average molecular weight is 582 g/mol. The summed E-state index contributed by atoms with van der Waals surface area (Å²) in [7, 11) is 0. The molecule has 0 saturated heterocycles. The highest BCUT2D eigenvalue weighted by Crippen LogP contribution is 2.58. The van der Waals surface area contributed by atoms with E-state index in [-0.39, 0.29) is 5.41 Å². The zero-order valence-electron chi connectivity index (χ0n) is 24.8. The Morgan fingerprint density at radius 1 is 0.467 bits per heavy atom. The molecule has 45 heavy (non-hydrogen) atoms. The molecular weight excluding hydrogens is 554 g/mol. The molecule has 5 heteroatoms. The van der Waals surface area contributed by atoms with Gasteiger partial charge in [-0.1, -0.05) is 111 Å². The van der Waals surface area contributed by atoms with Gasteiger partial charge >= 0.3 is 0 Å². The van der Waals surface area contributed by atoms with Crippen molar-refractivity contribution in [1.82, 2.24) is 15.0 Å². The maximum absolute atomic E-state index is 6.71. The molecule has 0 fully saturated rings. The number of rotatable bonds is 3. The lowest BCUT2D eigenvalue weighted by Crippen LogP contribution is -2.15. The monoisotopic (exact) mass is 581 g/mol. The number of hydrogen-bond acceptors (Lipinski definition) is 5. The molecule has 0 amide bonds. The van der Waals surface area contributed by atoms with Crippen LogP contribution in [0.3, 0.4) is 0 Å². The first-order valence-corrected chi connectivity index (χ1v) is 15.1. The zero-order valence-corrected chi connectivity index (χ0v) is 24.8. The molecule has 214 valence electrons. The number of benzene rings is 6. The van der Waals surface area contributed by atoms with Crippen LogP contribution in [0.1, 0.15) is 25.0 Å². The van der Waals surface area contributed by atoms with Gasteiger partial charge in [-0.05, 0) is 57.8 Å². The minimum atomic E-state index is -0.135. The molecule has 0 atom stereocenters. The summed E-state index contributed by atoms with van der Waals surface area (Å²) in [5.74, 6) is 4.53. The summed E-state index contributed by atoms with van der Waals surface area (Å²) in [4.78, 5) is 14.8. The van der Waals surface area contributed by atoms with Crippen LogP contribution in [0.4, 0.5) is 0 Å². The van der Waals surface area contributed by atoms with Gasteiger partial charge in [0.1, 0.15) is 0 Å². The Bertz CT molecular complexity index is 2310. The van der Waals surface area contributed by atoms with Gasteiger partial charge < -0.3 is 9.47 Å². The van der Waals surface area contributed by atoms with Gasteiger partial charge in [0, 0.05) is 27.7 Å². The van der Waals surface area contributed by atoms with Gasteiger partial charge in [-0.2, -0.15) is 0 Å². The highest BCUT2D eigenvalue weighted by atomic mass is 16.6. The minimum absolute atomic E-state index is 0.135. The van der Waals surface area contributed by atoms with Crippen LogP contribution in [0.25, 0.3) is 56.1 Å². The molecule has 0 unspecified atom stereocenters. The summed E-state index contributed by atoms with van der Waals surface area (Å²) >= 11 is 0. The van der Waals surface area contributed by atoms with E-state index in [1.807, 2.05) is 66.7 Å². The molecule has 7 aromatic rings. The molecular formula is C40H27N3O2. The first kappa shape index (κ1) is 25.7. The first-order chi connectivity index (χ1) is 22.0. The first-order valence-electron chi connectivity index (χ1n) is 15.1. The van der Waals surface area contributed by atoms with E-state index in [9.17, 15) is 0 Å². The van der Waals surface area contributed by atoms with Gasteiger partial charge in [0.15, 0.2) is 40.5 Å². The number of ether oxygens (including phenoxy) is 2. The predicted octanol–water partition coefficient (Wildman–Crippen LogP) is 10.2. The molecule has 0 spiro atoms. The molecule has 2 heterocycles. The van der Waals surface area contributed by atoms with E-state index in [0.717, 1.165) is 33.4 Å². The van der Waals surface area contributed by atoms with Crippen molar-refractivity contribution in [1.29, 1.82) is 0 Å². The third-order valence-corrected chi connectivity index (χ3v) is 8.97. The smallest absolute Gasteiger partial charge is 0.178 e. The SMILES string of the molecule is CC1(C)c2ccccc2-c2c1ccc1c2Oc2cc(-c3nc(-c4ccccc4)nc(-c4ccc5ccccc5c4)n3)ccc2O1. The second-order valence-electron chi connectivity index (χ2n) is 12.1. The molecule has 1 aromatic heterocycles. The van der Waals surface area contributed by atoms with Gasteiger partial charge in [0.25, 0.3) is 0 Å². The molecule has 0 bridgehead atoms. The Labute approximate surface area is 260 Å². The van der Waals surface area contributed by atoms with Crippen LogP contribution in [-0.2, 0) is 5.41 Å². The standard InChI is InChI=1S/C40H27N3O2/c1-40(2)30-15-9-8-14-29(30)35-31(40)19-21-33-36(35)45-34-23-28(18-20-32(34)44-33)39-42-37(25-11-4-3-5-12-25)41-38(43-39)27-17-16-24-10-6-7-13-26(24)22-27/h3-23H,1-2H3. The van der Waals surface area contributed by atoms with Crippen LogP contribution in [0, 0.1) is 0 Å². The van der Waals surface area contributed by atoms with Crippen molar-refractivity contribution >= 4 is 10.8 Å². The van der Waals surface area contributed by atoms with Crippen molar-refractivity contribution in [2.45, 2.75) is 19.3 Å². The Morgan fingerprint density at radius 2 is 1.11 bits per heavy atom.